The first-order chi connectivity index (χ1) is 11.5. The van der Waals surface area contributed by atoms with Gasteiger partial charge in [-0.25, -0.2) is 0 Å². The van der Waals surface area contributed by atoms with Crippen LogP contribution >= 0.6 is 11.3 Å². The summed E-state index contributed by atoms with van der Waals surface area (Å²) in [4.78, 5) is 29.0. The van der Waals surface area contributed by atoms with Crippen LogP contribution < -0.4 is 5.32 Å². The third-order valence-corrected chi connectivity index (χ3v) is 5.64. The van der Waals surface area contributed by atoms with E-state index in [2.05, 4.69) is 5.32 Å². The fourth-order valence-corrected chi connectivity index (χ4v) is 3.98. The lowest BCUT2D eigenvalue weighted by Crippen LogP contribution is -2.43. The van der Waals surface area contributed by atoms with E-state index in [1.165, 1.54) is 16.2 Å². The number of aryl methyl sites for hydroxylation is 2. The SMILES string of the molecule is Cc1cc(C(=O)N2CCCC(C(=O)Nc3ccccc3)C2)sc1C. The van der Waals surface area contributed by atoms with Gasteiger partial charge in [-0.3, -0.25) is 9.59 Å². The monoisotopic (exact) mass is 342 g/mol. The highest BCUT2D eigenvalue weighted by molar-refractivity contribution is 7.14. The van der Waals surface area contributed by atoms with E-state index in [4.69, 9.17) is 0 Å². The van der Waals surface area contributed by atoms with Crippen molar-refractivity contribution in [1.82, 2.24) is 4.90 Å². The summed E-state index contributed by atoms with van der Waals surface area (Å²) in [6.07, 6.45) is 1.69. The number of carbonyl (C=O) groups is 2. The maximum absolute atomic E-state index is 12.7. The number of benzene rings is 1. The number of hydrogen-bond acceptors (Lipinski definition) is 3. The molecule has 3 rings (SSSR count). The molecule has 0 radical (unpaired) electrons. The van der Waals surface area contributed by atoms with Gasteiger partial charge in [0.15, 0.2) is 0 Å². The molecule has 1 aromatic carbocycles. The fourth-order valence-electron chi connectivity index (χ4n) is 2.98. The predicted octanol–water partition coefficient (Wildman–Crippen LogP) is 3.86. The molecule has 1 aliphatic heterocycles. The van der Waals surface area contributed by atoms with Gasteiger partial charge in [0.2, 0.25) is 5.91 Å². The lowest BCUT2D eigenvalue weighted by Gasteiger charge is -2.31. The molecular formula is C19H22N2O2S. The van der Waals surface area contributed by atoms with Gasteiger partial charge in [0.05, 0.1) is 10.8 Å². The Morgan fingerprint density at radius 2 is 1.96 bits per heavy atom. The molecule has 2 aromatic rings. The number of likely N-dealkylation sites (tertiary alicyclic amines) is 1. The second-order valence-electron chi connectivity index (χ2n) is 6.30. The Morgan fingerprint density at radius 1 is 1.21 bits per heavy atom. The van der Waals surface area contributed by atoms with Gasteiger partial charge in [0.25, 0.3) is 5.91 Å². The Kier molecular flexibility index (Phi) is 5.00. The van der Waals surface area contributed by atoms with Gasteiger partial charge < -0.3 is 10.2 Å². The fraction of sp³-hybridized carbons (Fsp3) is 0.368. The average molecular weight is 342 g/mol. The number of carbonyl (C=O) groups excluding carboxylic acids is 2. The Balaban J connectivity index is 1.65. The Labute approximate surface area is 146 Å². The van der Waals surface area contributed by atoms with Crippen molar-refractivity contribution in [3.63, 3.8) is 0 Å². The molecule has 1 saturated heterocycles. The molecule has 1 unspecified atom stereocenters. The highest BCUT2D eigenvalue weighted by Gasteiger charge is 2.29. The molecule has 1 N–H and O–H groups in total. The second kappa shape index (κ2) is 7.18. The number of thiophene rings is 1. The summed E-state index contributed by atoms with van der Waals surface area (Å²) in [6.45, 7) is 5.27. The summed E-state index contributed by atoms with van der Waals surface area (Å²) >= 11 is 1.54. The van der Waals surface area contributed by atoms with Crippen LogP contribution in [-0.2, 0) is 4.79 Å². The predicted molar refractivity (Wildman–Crippen MR) is 97.5 cm³/mol. The van der Waals surface area contributed by atoms with Crippen molar-refractivity contribution in [2.45, 2.75) is 26.7 Å². The van der Waals surface area contributed by atoms with E-state index in [0.29, 0.717) is 6.54 Å². The first-order valence-electron chi connectivity index (χ1n) is 8.27. The van der Waals surface area contributed by atoms with E-state index in [9.17, 15) is 9.59 Å². The summed E-state index contributed by atoms with van der Waals surface area (Å²) in [6, 6.07) is 11.4. The molecule has 126 valence electrons. The maximum atomic E-state index is 12.7. The molecule has 24 heavy (non-hydrogen) atoms. The van der Waals surface area contributed by atoms with Crippen LogP contribution in [0.2, 0.25) is 0 Å². The van der Waals surface area contributed by atoms with Crippen LogP contribution in [0.3, 0.4) is 0 Å². The van der Waals surface area contributed by atoms with Crippen LogP contribution in [0, 0.1) is 19.8 Å². The van der Waals surface area contributed by atoms with Gasteiger partial charge in [0, 0.05) is 23.7 Å². The van der Waals surface area contributed by atoms with Crippen molar-refractivity contribution >= 4 is 28.8 Å². The Hall–Kier alpha value is -2.14. The average Bonchev–Trinajstić information content (AvgIpc) is 2.94. The summed E-state index contributed by atoms with van der Waals surface area (Å²) in [5.74, 6) is -0.101. The summed E-state index contributed by atoms with van der Waals surface area (Å²) < 4.78 is 0. The van der Waals surface area contributed by atoms with E-state index in [1.54, 1.807) is 0 Å². The van der Waals surface area contributed by atoms with Crippen LogP contribution in [0.1, 0.15) is 33.0 Å². The number of nitrogens with one attached hydrogen (secondary N) is 1. The van der Waals surface area contributed by atoms with Crippen molar-refractivity contribution in [2.75, 3.05) is 18.4 Å². The summed E-state index contributed by atoms with van der Waals surface area (Å²) in [5.41, 5.74) is 1.95. The van der Waals surface area contributed by atoms with Crippen LogP contribution in [-0.4, -0.2) is 29.8 Å². The van der Waals surface area contributed by atoms with Gasteiger partial charge in [-0.05, 0) is 50.5 Å². The van der Waals surface area contributed by atoms with E-state index in [1.807, 2.05) is 55.1 Å². The van der Waals surface area contributed by atoms with Crippen molar-refractivity contribution in [3.8, 4) is 0 Å². The van der Waals surface area contributed by atoms with Crippen LogP contribution in [0.15, 0.2) is 36.4 Å². The molecule has 0 aliphatic carbocycles. The Morgan fingerprint density at radius 3 is 2.62 bits per heavy atom. The molecule has 2 amide bonds. The van der Waals surface area contributed by atoms with Crippen LogP contribution in [0.5, 0.6) is 0 Å². The second-order valence-corrected chi connectivity index (χ2v) is 7.55. The minimum Gasteiger partial charge on any atom is -0.337 e. The molecule has 1 aromatic heterocycles. The lowest BCUT2D eigenvalue weighted by molar-refractivity contribution is -0.121. The number of piperidine rings is 1. The molecule has 4 nitrogen and oxygen atoms in total. The molecule has 1 atom stereocenters. The largest absolute Gasteiger partial charge is 0.337 e. The van der Waals surface area contributed by atoms with E-state index in [0.717, 1.165) is 35.5 Å². The van der Waals surface area contributed by atoms with Crippen molar-refractivity contribution in [3.05, 3.63) is 51.7 Å². The third kappa shape index (κ3) is 3.67. The molecule has 0 saturated carbocycles. The van der Waals surface area contributed by atoms with Gasteiger partial charge in [-0.1, -0.05) is 18.2 Å². The summed E-state index contributed by atoms with van der Waals surface area (Å²) in [7, 11) is 0. The van der Waals surface area contributed by atoms with E-state index < -0.39 is 0 Å². The highest BCUT2D eigenvalue weighted by Crippen LogP contribution is 2.25. The van der Waals surface area contributed by atoms with Gasteiger partial charge in [0.1, 0.15) is 0 Å². The zero-order valence-electron chi connectivity index (χ0n) is 14.0. The molecule has 1 aliphatic rings. The molecule has 1 fully saturated rings. The standard InChI is InChI=1S/C19H22N2O2S/c1-13-11-17(24-14(13)2)19(23)21-10-6-7-15(12-21)18(22)20-16-8-4-3-5-9-16/h3-5,8-9,11,15H,6-7,10,12H2,1-2H3,(H,20,22). The first-order valence-corrected chi connectivity index (χ1v) is 9.08. The number of anilines is 1. The molecule has 2 heterocycles. The van der Waals surface area contributed by atoms with Gasteiger partial charge in [-0.2, -0.15) is 0 Å². The summed E-state index contributed by atoms with van der Waals surface area (Å²) in [5, 5.41) is 2.95. The van der Waals surface area contributed by atoms with Gasteiger partial charge >= 0.3 is 0 Å². The zero-order chi connectivity index (χ0) is 17.1. The molecule has 5 heteroatoms. The number of para-hydroxylation sites is 1. The Bertz CT molecular complexity index is 720. The normalized spacial score (nSPS) is 17.6. The first kappa shape index (κ1) is 16.7. The smallest absolute Gasteiger partial charge is 0.263 e. The van der Waals surface area contributed by atoms with E-state index >= 15 is 0 Å². The number of hydrogen-bond donors (Lipinski definition) is 1. The van der Waals surface area contributed by atoms with E-state index in [-0.39, 0.29) is 17.7 Å². The highest BCUT2D eigenvalue weighted by atomic mass is 32.1. The number of nitrogens with zero attached hydrogens (tertiary/aromatic N) is 1. The minimum atomic E-state index is -0.148. The van der Waals surface area contributed by atoms with Crippen molar-refractivity contribution < 1.29 is 9.59 Å². The third-order valence-electron chi connectivity index (χ3n) is 4.50. The molecular weight excluding hydrogens is 320 g/mol. The topological polar surface area (TPSA) is 49.4 Å². The zero-order valence-corrected chi connectivity index (χ0v) is 14.9. The number of rotatable bonds is 3. The maximum Gasteiger partial charge on any atom is 0.263 e. The van der Waals surface area contributed by atoms with Gasteiger partial charge in [-0.15, -0.1) is 11.3 Å². The minimum absolute atomic E-state index is 0.00255. The quantitative estimate of drug-likeness (QED) is 0.921. The van der Waals surface area contributed by atoms with Crippen molar-refractivity contribution in [1.29, 1.82) is 0 Å². The van der Waals surface area contributed by atoms with Crippen molar-refractivity contribution in [2.24, 2.45) is 5.92 Å². The lowest BCUT2D eigenvalue weighted by atomic mass is 9.97. The molecule has 0 bridgehead atoms. The van der Waals surface area contributed by atoms with Crippen LogP contribution in [0.4, 0.5) is 5.69 Å². The molecule has 0 spiro atoms. The van der Waals surface area contributed by atoms with Crippen LogP contribution in [0.25, 0.3) is 0 Å². The number of amides is 2.